The fraction of sp³-hybridized carbons (Fsp3) is 0.750. The molecule has 0 spiro atoms. The Morgan fingerprint density at radius 3 is 2.36 bits per heavy atom. The van der Waals surface area contributed by atoms with Crippen LogP contribution in [0.2, 0.25) is 0 Å². The van der Waals surface area contributed by atoms with Gasteiger partial charge in [-0.05, 0) is 20.1 Å². The summed E-state index contributed by atoms with van der Waals surface area (Å²) in [4.78, 5) is 4.58. The van der Waals surface area contributed by atoms with Crippen LogP contribution in [0.1, 0.15) is 13.8 Å². The normalized spacial score (nSPS) is 23.9. The van der Waals surface area contributed by atoms with E-state index in [-0.39, 0.29) is 0 Å². The summed E-state index contributed by atoms with van der Waals surface area (Å²) in [5.74, 6) is 0. The van der Waals surface area contributed by atoms with Gasteiger partial charge in [0.15, 0.2) is 0 Å². The minimum absolute atomic E-state index is 0.495. The molecule has 11 heavy (non-hydrogen) atoms. The molecule has 3 heteroatoms. The van der Waals surface area contributed by atoms with Gasteiger partial charge in [0.1, 0.15) is 5.50 Å². The standard InChI is InChI=1S/C8H16N2S/c1-7(2)10-6-5-9(3)8(10)11-4/h5-8H,1-4H3. The zero-order valence-corrected chi connectivity index (χ0v) is 8.43. The number of hydrogen-bond acceptors (Lipinski definition) is 3. The summed E-state index contributed by atoms with van der Waals surface area (Å²) in [6, 6.07) is 0.591. The fourth-order valence-electron chi connectivity index (χ4n) is 1.25. The summed E-state index contributed by atoms with van der Waals surface area (Å²) < 4.78 is 0. The molecule has 1 atom stereocenters. The van der Waals surface area contributed by atoms with Gasteiger partial charge in [0, 0.05) is 25.5 Å². The monoisotopic (exact) mass is 172 g/mol. The number of thioether (sulfide) groups is 1. The van der Waals surface area contributed by atoms with Gasteiger partial charge in [-0.1, -0.05) is 0 Å². The van der Waals surface area contributed by atoms with Gasteiger partial charge >= 0.3 is 0 Å². The maximum atomic E-state index is 2.35. The number of hydrogen-bond donors (Lipinski definition) is 0. The van der Waals surface area contributed by atoms with E-state index in [1.54, 1.807) is 0 Å². The van der Waals surface area contributed by atoms with Crippen LogP contribution in [0.4, 0.5) is 0 Å². The van der Waals surface area contributed by atoms with Crippen LogP contribution < -0.4 is 0 Å². The quantitative estimate of drug-likeness (QED) is 0.626. The molecule has 0 aromatic heterocycles. The Hall–Kier alpha value is -0.310. The van der Waals surface area contributed by atoms with Gasteiger partial charge in [-0.25, -0.2) is 0 Å². The van der Waals surface area contributed by atoms with E-state index in [9.17, 15) is 0 Å². The van der Waals surface area contributed by atoms with Crippen LogP contribution in [0.3, 0.4) is 0 Å². The number of nitrogens with zero attached hydrogens (tertiary/aromatic N) is 2. The molecule has 0 saturated heterocycles. The molecule has 0 fully saturated rings. The van der Waals surface area contributed by atoms with Crippen molar-refractivity contribution in [3.05, 3.63) is 12.4 Å². The molecule has 64 valence electrons. The molecule has 0 bridgehead atoms. The van der Waals surface area contributed by atoms with Crippen molar-refractivity contribution in [2.24, 2.45) is 0 Å². The Balaban J connectivity index is 2.61. The molecule has 0 saturated carbocycles. The molecule has 1 aliphatic rings. The Bertz CT molecular complexity index is 156. The van der Waals surface area contributed by atoms with Crippen molar-refractivity contribution in [2.45, 2.75) is 25.4 Å². The summed E-state index contributed by atoms with van der Waals surface area (Å²) in [6.45, 7) is 4.43. The lowest BCUT2D eigenvalue weighted by molar-refractivity contribution is 0.224. The lowest BCUT2D eigenvalue weighted by Gasteiger charge is -2.31. The zero-order chi connectivity index (χ0) is 8.43. The molecule has 0 N–H and O–H groups in total. The highest BCUT2D eigenvalue weighted by molar-refractivity contribution is 7.99. The molecule has 1 heterocycles. The second kappa shape index (κ2) is 3.39. The lowest BCUT2D eigenvalue weighted by atomic mass is 10.4. The van der Waals surface area contributed by atoms with Gasteiger partial charge in [0.05, 0.1) is 0 Å². The lowest BCUT2D eigenvalue weighted by Crippen LogP contribution is -2.37. The third-order valence-corrected chi connectivity index (χ3v) is 2.88. The third-order valence-electron chi connectivity index (χ3n) is 1.88. The van der Waals surface area contributed by atoms with Crippen molar-refractivity contribution in [1.82, 2.24) is 9.80 Å². The average Bonchev–Trinajstić information content (AvgIpc) is 2.30. The second-order valence-corrected chi connectivity index (χ2v) is 3.96. The highest BCUT2D eigenvalue weighted by Crippen LogP contribution is 2.24. The van der Waals surface area contributed by atoms with Crippen LogP contribution in [0.25, 0.3) is 0 Å². The molecule has 0 radical (unpaired) electrons. The molecule has 2 nitrogen and oxygen atoms in total. The number of rotatable bonds is 2. The average molecular weight is 172 g/mol. The summed E-state index contributed by atoms with van der Waals surface area (Å²) >= 11 is 1.87. The topological polar surface area (TPSA) is 6.48 Å². The van der Waals surface area contributed by atoms with E-state index in [2.05, 4.69) is 49.4 Å². The van der Waals surface area contributed by atoms with Crippen molar-refractivity contribution in [1.29, 1.82) is 0 Å². The van der Waals surface area contributed by atoms with Gasteiger partial charge in [0.2, 0.25) is 0 Å². The fourth-order valence-corrected chi connectivity index (χ4v) is 2.21. The van der Waals surface area contributed by atoms with E-state index < -0.39 is 0 Å². The van der Waals surface area contributed by atoms with E-state index in [4.69, 9.17) is 0 Å². The van der Waals surface area contributed by atoms with Crippen LogP contribution >= 0.6 is 11.8 Å². The first-order chi connectivity index (χ1) is 5.16. The molecule has 1 unspecified atom stereocenters. The molecule has 1 rings (SSSR count). The van der Waals surface area contributed by atoms with E-state index in [1.165, 1.54) is 0 Å². The Labute approximate surface area is 73.2 Å². The first-order valence-electron chi connectivity index (χ1n) is 3.87. The predicted molar refractivity (Wildman–Crippen MR) is 51.2 cm³/mol. The molecular formula is C8H16N2S. The van der Waals surface area contributed by atoms with Crippen LogP contribution in [-0.4, -0.2) is 34.6 Å². The molecular weight excluding hydrogens is 156 g/mol. The summed E-state index contributed by atoms with van der Waals surface area (Å²) in [7, 11) is 2.11. The Morgan fingerprint density at radius 2 is 2.00 bits per heavy atom. The minimum atomic E-state index is 0.495. The molecule has 1 aliphatic heterocycles. The second-order valence-electron chi connectivity index (χ2n) is 3.07. The van der Waals surface area contributed by atoms with Crippen LogP contribution in [0.5, 0.6) is 0 Å². The van der Waals surface area contributed by atoms with Gasteiger partial charge in [0.25, 0.3) is 0 Å². The summed E-state index contributed by atoms with van der Waals surface area (Å²) in [6.07, 6.45) is 6.43. The molecule has 0 aromatic rings. The largest absolute Gasteiger partial charge is 0.351 e. The van der Waals surface area contributed by atoms with Crippen molar-refractivity contribution < 1.29 is 0 Å². The minimum Gasteiger partial charge on any atom is -0.351 e. The van der Waals surface area contributed by atoms with Gasteiger partial charge in [-0.3, -0.25) is 0 Å². The van der Waals surface area contributed by atoms with Gasteiger partial charge in [-0.15, -0.1) is 11.8 Å². The predicted octanol–water partition coefficient (Wildman–Crippen LogP) is 1.76. The Kier molecular flexibility index (Phi) is 2.71. The van der Waals surface area contributed by atoms with E-state index in [1.807, 2.05) is 11.8 Å². The summed E-state index contributed by atoms with van der Waals surface area (Å²) in [5.41, 5.74) is 0.495. The SMILES string of the molecule is CSC1N(C)C=CN1C(C)C. The molecule has 0 aromatic carbocycles. The van der Waals surface area contributed by atoms with Gasteiger partial charge in [-0.2, -0.15) is 0 Å². The van der Waals surface area contributed by atoms with E-state index in [0.717, 1.165) is 0 Å². The smallest absolute Gasteiger partial charge is 0.149 e. The first kappa shape index (κ1) is 8.78. The zero-order valence-electron chi connectivity index (χ0n) is 7.61. The van der Waals surface area contributed by atoms with E-state index in [0.29, 0.717) is 11.5 Å². The van der Waals surface area contributed by atoms with Crippen molar-refractivity contribution in [3.63, 3.8) is 0 Å². The van der Waals surface area contributed by atoms with E-state index >= 15 is 0 Å². The Morgan fingerprint density at radius 1 is 1.36 bits per heavy atom. The van der Waals surface area contributed by atoms with Gasteiger partial charge < -0.3 is 9.80 Å². The maximum Gasteiger partial charge on any atom is 0.149 e. The summed E-state index contributed by atoms with van der Waals surface area (Å²) in [5, 5.41) is 0. The molecule has 0 aliphatic carbocycles. The van der Waals surface area contributed by atoms with Crippen LogP contribution in [0.15, 0.2) is 12.4 Å². The highest BCUT2D eigenvalue weighted by Gasteiger charge is 2.23. The van der Waals surface area contributed by atoms with Crippen molar-refractivity contribution in [3.8, 4) is 0 Å². The first-order valence-corrected chi connectivity index (χ1v) is 5.16. The highest BCUT2D eigenvalue weighted by atomic mass is 32.2. The van der Waals surface area contributed by atoms with Crippen molar-refractivity contribution in [2.75, 3.05) is 13.3 Å². The molecule has 0 amide bonds. The maximum absolute atomic E-state index is 2.35. The van der Waals surface area contributed by atoms with Crippen molar-refractivity contribution >= 4 is 11.8 Å². The third kappa shape index (κ3) is 1.64. The van der Waals surface area contributed by atoms with Crippen LogP contribution in [0, 0.1) is 0 Å². The van der Waals surface area contributed by atoms with Crippen LogP contribution in [-0.2, 0) is 0 Å².